The maximum Gasteiger partial charge on any atom is 0.243 e. The average molecular weight is 469 g/mol. The van der Waals surface area contributed by atoms with Crippen molar-refractivity contribution < 1.29 is 17.9 Å². The molecule has 8 nitrogen and oxygen atoms in total. The first-order valence-corrected chi connectivity index (χ1v) is 12.2. The number of sulfonamides is 1. The van der Waals surface area contributed by atoms with Gasteiger partial charge in [0.1, 0.15) is 11.5 Å². The summed E-state index contributed by atoms with van der Waals surface area (Å²) in [4.78, 5) is 9.31. The molecule has 1 aliphatic heterocycles. The van der Waals surface area contributed by atoms with Crippen molar-refractivity contribution in [2.24, 2.45) is 0 Å². The zero-order valence-corrected chi connectivity index (χ0v) is 20.0. The third kappa shape index (κ3) is 4.94. The van der Waals surface area contributed by atoms with Crippen LogP contribution in [0, 0.1) is 0 Å². The van der Waals surface area contributed by atoms with E-state index in [-0.39, 0.29) is 6.54 Å². The summed E-state index contributed by atoms with van der Waals surface area (Å²) in [6, 6.07) is 12.6. The SMILES string of the molecule is COc1cc(Nc2ncc3c(n2)CCN(S(=O)(=O)c2ccc(C(C)C)cc2)C3)cc(OC)c1. The highest BCUT2D eigenvalue weighted by Crippen LogP contribution is 2.29. The van der Waals surface area contributed by atoms with Crippen LogP contribution in [-0.4, -0.2) is 43.5 Å². The van der Waals surface area contributed by atoms with Crippen LogP contribution in [0.15, 0.2) is 53.6 Å². The fourth-order valence-electron chi connectivity index (χ4n) is 3.74. The lowest BCUT2D eigenvalue weighted by Crippen LogP contribution is -2.36. The minimum absolute atomic E-state index is 0.247. The van der Waals surface area contributed by atoms with Crippen LogP contribution in [0.1, 0.15) is 36.6 Å². The first-order chi connectivity index (χ1) is 15.8. The number of aromatic nitrogens is 2. The van der Waals surface area contributed by atoms with Gasteiger partial charge in [-0.05, 0) is 23.6 Å². The maximum absolute atomic E-state index is 13.2. The Hall–Kier alpha value is -3.17. The third-order valence-electron chi connectivity index (χ3n) is 5.69. The fraction of sp³-hybridized carbons (Fsp3) is 0.333. The number of nitrogens with one attached hydrogen (secondary N) is 1. The normalized spacial score (nSPS) is 14.1. The standard InChI is InChI=1S/C24H28N4O4S/c1-16(2)17-5-7-22(8-6-17)33(29,30)28-10-9-23-18(15-28)14-25-24(27-23)26-19-11-20(31-3)13-21(12-19)32-4/h5-8,11-14,16H,9-10,15H2,1-4H3,(H,25,26,27). The van der Waals surface area contributed by atoms with Crippen molar-refractivity contribution in [3.05, 3.63) is 65.5 Å². The molecular weight excluding hydrogens is 440 g/mol. The van der Waals surface area contributed by atoms with E-state index in [9.17, 15) is 8.42 Å². The molecular formula is C24H28N4O4S. The zero-order chi connectivity index (χ0) is 23.6. The summed E-state index contributed by atoms with van der Waals surface area (Å²) in [5, 5.41) is 3.17. The molecule has 4 rings (SSSR count). The Balaban J connectivity index is 1.51. The Kier molecular flexibility index (Phi) is 6.53. The van der Waals surface area contributed by atoms with Gasteiger partial charge in [0.15, 0.2) is 0 Å². The molecule has 0 spiro atoms. The summed E-state index contributed by atoms with van der Waals surface area (Å²) in [6.07, 6.45) is 2.20. The molecule has 0 fully saturated rings. The van der Waals surface area contributed by atoms with Crippen LogP contribution < -0.4 is 14.8 Å². The number of hydrogen-bond acceptors (Lipinski definition) is 7. The van der Waals surface area contributed by atoms with Crippen LogP contribution >= 0.6 is 0 Å². The van der Waals surface area contributed by atoms with Gasteiger partial charge in [-0.1, -0.05) is 26.0 Å². The molecule has 0 radical (unpaired) electrons. The lowest BCUT2D eigenvalue weighted by Gasteiger charge is -2.27. The highest BCUT2D eigenvalue weighted by molar-refractivity contribution is 7.89. The van der Waals surface area contributed by atoms with Gasteiger partial charge in [0.2, 0.25) is 16.0 Å². The van der Waals surface area contributed by atoms with Gasteiger partial charge in [-0.25, -0.2) is 18.4 Å². The van der Waals surface area contributed by atoms with Crippen LogP contribution in [0.4, 0.5) is 11.6 Å². The zero-order valence-electron chi connectivity index (χ0n) is 19.2. The Bertz CT molecular complexity index is 1220. The Morgan fingerprint density at radius 2 is 1.70 bits per heavy atom. The molecule has 0 bridgehead atoms. The van der Waals surface area contributed by atoms with Crippen molar-refractivity contribution in [1.29, 1.82) is 0 Å². The van der Waals surface area contributed by atoms with Crippen LogP contribution in [0.25, 0.3) is 0 Å². The van der Waals surface area contributed by atoms with Crippen LogP contribution in [-0.2, 0) is 23.0 Å². The molecule has 174 valence electrons. The highest BCUT2D eigenvalue weighted by atomic mass is 32.2. The van der Waals surface area contributed by atoms with E-state index in [0.29, 0.717) is 41.2 Å². The van der Waals surface area contributed by atoms with Gasteiger partial charge < -0.3 is 14.8 Å². The van der Waals surface area contributed by atoms with E-state index in [4.69, 9.17) is 9.47 Å². The molecule has 9 heteroatoms. The molecule has 0 saturated carbocycles. The second-order valence-corrected chi connectivity index (χ2v) is 10.1. The van der Waals surface area contributed by atoms with Crippen molar-refractivity contribution in [3.63, 3.8) is 0 Å². The molecule has 0 aliphatic carbocycles. The number of ether oxygens (including phenoxy) is 2. The van der Waals surface area contributed by atoms with Crippen molar-refractivity contribution in [2.45, 2.75) is 37.6 Å². The van der Waals surface area contributed by atoms with Crippen molar-refractivity contribution in [2.75, 3.05) is 26.1 Å². The molecule has 0 amide bonds. The number of anilines is 2. The van der Waals surface area contributed by atoms with Crippen LogP contribution in [0.3, 0.4) is 0 Å². The van der Waals surface area contributed by atoms with Gasteiger partial charge >= 0.3 is 0 Å². The number of methoxy groups -OCH3 is 2. The van der Waals surface area contributed by atoms with Gasteiger partial charge in [0.25, 0.3) is 0 Å². The lowest BCUT2D eigenvalue weighted by molar-refractivity contribution is 0.387. The summed E-state index contributed by atoms with van der Waals surface area (Å²) in [5.41, 5.74) is 3.48. The molecule has 2 aromatic carbocycles. The van der Waals surface area contributed by atoms with Gasteiger partial charge in [0, 0.05) is 55.2 Å². The highest BCUT2D eigenvalue weighted by Gasteiger charge is 2.29. The van der Waals surface area contributed by atoms with E-state index in [1.165, 1.54) is 4.31 Å². The molecule has 3 aromatic rings. The molecule has 0 unspecified atom stereocenters. The van der Waals surface area contributed by atoms with E-state index in [1.54, 1.807) is 38.6 Å². The Morgan fingerprint density at radius 1 is 1.03 bits per heavy atom. The first kappa shape index (κ1) is 23.0. The first-order valence-electron chi connectivity index (χ1n) is 10.7. The summed E-state index contributed by atoms with van der Waals surface area (Å²) in [7, 11) is -0.407. The molecule has 0 atom stereocenters. The summed E-state index contributed by atoms with van der Waals surface area (Å²) in [6.45, 7) is 4.78. The minimum Gasteiger partial charge on any atom is -0.497 e. The molecule has 2 heterocycles. The van der Waals surface area contributed by atoms with Crippen molar-refractivity contribution in [1.82, 2.24) is 14.3 Å². The van der Waals surface area contributed by atoms with Gasteiger partial charge in [-0.3, -0.25) is 0 Å². The smallest absolute Gasteiger partial charge is 0.243 e. The number of hydrogen-bond donors (Lipinski definition) is 1. The Labute approximate surface area is 194 Å². The van der Waals surface area contributed by atoms with Crippen molar-refractivity contribution >= 4 is 21.7 Å². The largest absolute Gasteiger partial charge is 0.497 e. The number of rotatable bonds is 7. The average Bonchev–Trinajstić information content (AvgIpc) is 2.83. The summed E-state index contributed by atoms with van der Waals surface area (Å²) >= 11 is 0. The van der Waals surface area contributed by atoms with Crippen LogP contribution in [0.5, 0.6) is 11.5 Å². The monoisotopic (exact) mass is 468 g/mol. The van der Waals surface area contributed by atoms with Gasteiger partial charge in [-0.2, -0.15) is 4.31 Å². The predicted octanol–water partition coefficient (Wildman–Crippen LogP) is 4.11. The third-order valence-corrected chi connectivity index (χ3v) is 7.55. The summed E-state index contributed by atoms with van der Waals surface area (Å²) < 4.78 is 38.4. The van der Waals surface area contributed by atoms with Crippen LogP contribution in [0.2, 0.25) is 0 Å². The Morgan fingerprint density at radius 3 is 2.30 bits per heavy atom. The predicted molar refractivity (Wildman–Crippen MR) is 127 cm³/mol. The molecule has 1 N–H and O–H groups in total. The van der Waals surface area contributed by atoms with E-state index in [0.717, 1.165) is 22.5 Å². The van der Waals surface area contributed by atoms with Gasteiger partial charge in [-0.15, -0.1) is 0 Å². The molecule has 1 aliphatic rings. The minimum atomic E-state index is -3.59. The molecule has 0 saturated heterocycles. The number of nitrogens with zero attached hydrogens (tertiary/aromatic N) is 3. The lowest BCUT2D eigenvalue weighted by atomic mass is 10.0. The summed E-state index contributed by atoms with van der Waals surface area (Å²) in [5.74, 6) is 2.08. The van der Waals surface area contributed by atoms with E-state index >= 15 is 0 Å². The second-order valence-electron chi connectivity index (χ2n) is 8.20. The van der Waals surface area contributed by atoms with Crippen molar-refractivity contribution in [3.8, 4) is 11.5 Å². The topological polar surface area (TPSA) is 93.6 Å². The van der Waals surface area contributed by atoms with E-state index in [1.807, 2.05) is 24.3 Å². The van der Waals surface area contributed by atoms with E-state index in [2.05, 4.69) is 29.1 Å². The van der Waals surface area contributed by atoms with E-state index < -0.39 is 10.0 Å². The maximum atomic E-state index is 13.2. The molecule has 33 heavy (non-hydrogen) atoms. The number of benzene rings is 2. The number of fused-ring (bicyclic) bond motifs is 1. The quantitative estimate of drug-likeness (QED) is 0.558. The fourth-order valence-corrected chi connectivity index (χ4v) is 5.16. The van der Waals surface area contributed by atoms with Gasteiger partial charge in [0.05, 0.1) is 24.8 Å². The molecule has 1 aromatic heterocycles. The second kappa shape index (κ2) is 9.36.